The molecule has 30 heavy (non-hydrogen) atoms. The minimum Gasteiger partial charge on any atom is -0.387 e. The Kier molecular flexibility index (Phi) is 4.44. The first kappa shape index (κ1) is 18.0. The fraction of sp³-hybridized carbons (Fsp3) is 0.136. The summed E-state index contributed by atoms with van der Waals surface area (Å²) in [6.45, 7) is 4.29. The van der Waals surface area contributed by atoms with Gasteiger partial charge in [-0.2, -0.15) is 0 Å². The minimum atomic E-state index is 0.172. The molecule has 1 aromatic carbocycles. The average Bonchev–Trinajstić information content (AvgIpc) is 3.31. The normalized spacial score (nSPS) is 11.7. The second-order valence-electron chi connectivity index (χ2n) is 6.89. The highest BCUT2D eigenvalue weighted by Crippen LogP contribution is 2.28. The Hall–Kier alpha value is -4.07. The highest BCUT2D eigenvalue weighted by atomic mass is 16.6. The third-order valence-corrected chi connectivity index (χ3v) is 5.02. The molecule has 148 valence electrons. The van der Waals surface area contributed by atoms with Crippen molar-refractivity contribution in [2.45, 2.75) is 20.5 Å². The fourth-order valence-corrected chi connectivity index (χ4v) is 3.46. The lowest BCUT2D eigenvalue weighted by Crippen LogP contribution is -2.01. The van der Waals surface area contributed by atoms with E-state index in [-0.39, 0.29) is 6.61 Å². The zero-order valence-corrected chi connectivity index (χ0v) is 16.6. The number of benzene rings is 1. The van der Waals surface area contributed by atoms with Gasteiger partial charge in [0.1, 0.15) is 12.1 Å². The number of nitrogens with zero attached hydrogens (tertiary/aromatic N) is 7. The molecule has 0 bridgehead atoms. The average molecular weight is 397 g/mol. The standard InChI is InChI=1S/C22H19N7O/c1-15-16(2)29(19-10-6-7-11-23-19)21-20(15)22-26-18(27-28(22)14-24-21)13-30-25-12-17-8-4-3-5-9-17/h3-12,14H,13H2,1-2H3/b25-12-. The summed E-state index contributed by atoms with van der Waals surface area (Å²) in [6, 6.07) is 15.6. The van der Waals surface area contributed by atoms with E-state index in [0.29, 0.717) is 5.82 Å². The molecule has 0 saturated heterocycles. The van der Waals surface area contributed by atoms with Crippen molar-refractivity contribution >= 4 is 22.9 Å². The molecule has 0 aliphatic heterocycles. The number of fused-ring (bicyclic) bond motifs is 3. The molecular weight excluding hydrogens is 378 g/mol. The molecule has 0 atom stereocenters. The van der Waals surface area contributed by atoms with Crippen molar-refractivity contribution < 1.29 is 4.84 Å². The summed E-state index contributed by atoms with van der Waals surface area (Å²) in [5, 5.41) is 9.43. The van der Waals surface area contributed by atoms with Crippen molar-refractivity contribution in [1.29, 1.82) is 0 Å². The topological polar surface area (TPSA) is 82.5 Å². The quantitative estimate of drug-likeness (QED) is 0.334. The molecule has 0 aliphatic carbocycles. The van der Waals surface area contributed by atoms with Crippen molar-refractivity contribution in [3.63, 3.8) is 0 Å². The number of pyridine rings is 1. The molecule has 8 heteroatoms. The van der Waals surface area contributed by atoms with Crippen LogP contribution in [0.2, 0.25) is 0 Å². The van der Waals surface area contributed by atoms with Gasteiger partial charge in [-0.05, 0) is 37.1 Å². The van der Waals surface area contributed by atoms with Gasteiger partial charge in [-0.1, -0.05) is 41.6 Å². The molecule has 5 rings (SSSR count). The SMILES string of the molecule is Cc1c(C)n(-c2ccccn2)c2ncn3nc(CO/N=C\c4ccccc4)nc3c12. The van der Waals surface area contributed by atoms with Crippen LogP contribution in [0, 0.1) is 13.8 Å². The maximum absolute atomic E-state index is 5.39. The van der Waals surface area contributed by atoms with Crippen LogP contribution in [0.15, 0.2) is 66.2 Å². The predicted octanol–water partition coefficient (Wildman–Crippen LogP) is 3.63. The third-order valence-electron chi connectivity index (χ3n) is 5.02. The monoisotopic (exact) mass is 397 g/mol. The van der Waals surface area contributed by atoms with Crippen molar-refractivity contribution in [2.24, 2.45) is 5.16 Å². The van der Waals surface area contributed by atoms with Crippen LogP contribution in [0.1, 0.15) is 22.6 Å². The first-order valence-corrected chi connectivity index (χ1v) is 9.56. The van der Waals surface area contributed by atoms with Crippen molar-refractivity contribution in [1.82, 2.24) is 29.1 Å². The van der Waals surface area contributed by atoms with E-state index < -0.39 is 0 Å². The van der Waals surface area contributed by atoms with Gasteiger partial charge in [0.15, 0.2) is 23.7 Å². The van der Waals surface area contributed by atoms with Gasteiger partial charge in [-0.3, -0.25) is 4.57 Å². The second-order valence-corrected chi connectivity index (χ2v) is 6.89. The summed E-state index contributed by atoms with van der Waals surface area (Å²) in [4.78, 5) is 19.2. The van der Waals surface area contributed by atoms with Gasteiger partial charge in [0.25, 0.3) is 0 Å². The smallest absolute Gasteiger partial charge is 0.192 e. The van der Waals surface area contributed by atoms with E-state index in [1.165, 1.54) is 0 Å². The van der Waals surface area contributed by atoms with Gasteiger partial charge in [0.2, 0.25) is 0 Å². The third kappa shape index (κ3) is 3.08. The molecule has 4 aromatic heterocycles. The Morgan fingerprint density at radius 1 is 1.00 bits per heavy atom. The van der Waals surface area contributed by atoms with E-state index in [1.54, 1.807) is 23.3 Å². The lowest BCUT2D eigenvalue weighted by atomic mass is 10.2. The lowest BCUT2D eigenvalue weighted by molar-refractivity contribution is 0.126. The van der Waals surface area contributed by atoms with Crippen LogP contribution in [0.3, 0.4) is 0 Å². The van der Waals surface area contributed by atoms with Gasteiger partial charge < -0.3 is 4.84 Å². The number of aromatic nitrogens is 6. The summed E-state index contributed by atoms with van der Waals surface area (Å²) < 4.78 is 3.72. The van der Waals surface area contributed by atoms with Crippen LogP contribution in [-0.2, 0) is 11.4 Å². The molecule has 0 spiro atoms. The van der Waals surface area contributed by atoms with Crippen molar-refractivity contribution in [3.05, 3.63) is 83.7 Å². The molecule has 0 N–H and O–H groups in total. The van der Waals surface area contributed by atoms with Crippen LogP contribution in [-0.4, -0.2) is 35.3 Å². The lowest BCUT2D eigenvalue weighted by Gasteiger charge is -2.05. The molecular formula is C22H19N7O. The number of hydrogen-bond donors (Lipinski definition) is 0. The molecule has 0 amide bonds. The summed E-state index contributed by atoms with van der Waals surface area (Å²) in [5.74, 6) is 1.36. The van der Waals surface area contributed by atoms with Gasteiger partial charge in [-0.15, -0.1) is 5.10 Å². The molecule has 4 heterocycles. The Bertz CT molecular complexity index is 1350. The minimum absolute atomic E-state index is 0.172. The predicted molar refractivity (Wildman–Crippen MR) is 114 cm³/mol. The zero-order valence-electron chi connectivity index (χ0n) is 16.6. The summed E-state index contributed by atoms with van der Waals surface area (Å²) in [6.07, 6.45) is 5.10. The van der Waals surface area contributed by atoms with Crippen LogP contribution in [0.5, 0.6) is 0 Å². The molecule has 5 aromatic rings. The Morgan fingerprint density at radius 3 is 2.63 bits per heavy atom. The maximum Gasteiger partial charge on any atom is 0.192 e. The highest BCUT2D eigenvalue weighted by Gasteiger charge is 2.19. The summed E-state index contributed by atoms with van der Waals surface area (Å²) in [5.41, 5.74) is 4.67. The Morgan fingerprint density at radius 2 is 1.83 bits per heavy atom. The molecule has 0 radical (unpaired) electrons. The number of rotatable bonds is 5. The Balaban J connectivity index is 1.49. The van der Waals surface area contributed by atoms with Crippen molar-refractivity contribution in [2.75, 3.05) is 0 Å². The van der Waals surface area contributed by atoms with Gasteiger partial charge in [0, 0.05) is 11.9 Å². The first-order chi connectivity index (χ1) is 14.7. The summed E-state index contributed by atoms with van der Waals surface area (Å²) >= 11 is 0. The van der Waals surface area contributed by atoms with E-state index in [9.17, 15) is 0 Å². The van der Waals surface area contributed by atoms with Gasteiger partial charge in [-0.25, -0.2) is 19.5 Å². The number of oxime groups is 1. The van der Waals surface area contributed by atoms with Gasteiger partial charge >= 0.3 is 0 Å². The molecule has 0 unspecified atom stereocenters. The fourth-order valence-electron chi connectivity index (χ4n) is 3.46. The molecule has 8 nitrogen and oxygen atoms in total. The molecule has 0 saturated carbocycles. The Labute approximate surface area is 172 Å². The second kappa shape index (κ2) is 7.40. The van der Waals surface area contributed by atoms with E-state index in [0.717, 1.165) is 39.3 Å². The number of aryl methyl sites for hydroxylation is 1. The van der Waals surface area contributed by atoms with Crippen LogP contribution < -0.4 is 0 Å². The van der Waals surface area contributed by atoms with Crippen LogP contribution in [0.4, 0.5) is 0 Å². The highest BCUT2D eigenvalue weighted by molar-refractivity contribution is 5.94. The van der Waals surface area contributed by atoms with Gasteiger partial charge in [0.05, 0.1) is 11.6 Å². The first-order valence-electron chi connectivity index (χ1n) is 9.56. The van der Waals surface area contributed by atoms with E-state index >= 15 is 0 Å². The molecule has 0 fully saturated rings. The number of hydrogen-bond acceptors (Lipinski definition) is 6. The summed E-state index contributed by atoms with van der Waals surface area (Å²) in [7, 11) is 0. The van der Waals surface area contributed by atoms with Crippen LogP contribution in [0.25, 0.3) is 22.5 Å². The zero-order chi connectivity index (χ0) is 20.5. The maximum atomic E-state index is 5.39. The van der Waals surface area contributed by atoms with E-state index in [2.05, 4.69) is 39.1 Å². The molecule has 0 aliphatic rings. The van der Waals surface area contributed by atoms with E-state index in [1.807, 2.05) is 53.1 Å². The van der Waals surface area contributed by atoms with E-state index in [4.69, 9.17) is 4.84 Å². The van der Waals surface area contributed by atoms with Crippen molar-refractivity contribution in [3.8, 4) is 5.82 Å². The van der Waals surface area contributed by atoms with Crippen LogP contribution >= 0.6 is 0 Å². The largest absolute Gasteiger partial charge is 0.387 e.